The van der Waals surface area contributed by atoms with Crippen molar-refractivity contribution < 1.29 is 9.05 Å². The molecule has 0 amide bonds. The van der Waals surface area contributed by atoms with Crippen LogP contribution in [0.15, 0.2) is 78.9 Å². The summed E-state index contributed by atoms with van der Waals surface area (Å²) in [5.74, 6) is 3.36. The molecule has 3 aromatic carbocycles. The molecule has 0 radical (unpaired) electrons. The Balaban J connectivity index is 1.77. The Hall–Kier alpha value is -1.74. The summed E-state index contributed by atoms with van der Waals surface area (Å²) in [5, 5.41) is 0. The molecule has 0 saturated heterocycles. The molecule has 0 heterocycles. The van der Waals surface area contributed by atoms with E-state index >= 15 is 0 Å². The van der Waals surface area contributed by atoms with Crippen molar-refractivity contribution in [2.75, 3.05) is 0 Å². The Bertz CT molecular complexity index is 974. The molecule has 0 bridgehead atoms. The van der Waals surface area contributed by atoms with Gasteiger partial charge in [0.05, 0.1) is 0 Å². The van der Waals surface area contributed by atoms with E-state index in [1.54, 1.807) is 11.4 Å². The van der Waals surface area contributed by atoms with Gasteiger partial charge in [0.25, 0.3) is 0 Å². The maximum absolute atomic E-state index is 6.41. The maximum atomic E-state index is 6.41. The second-order valence-corrected chi connectivity index (χ2v) is 15.1. The first kappa shape index (κ1) is 26.9. The molecular weight excluding hydrogens is 475 g/mol. The average molecular weight is 513 g/mol. The number of hydrogen-bond acceptors (Lipinski definition) is 4. The minimum absolute atomic E-state index is 0.541. The molecule has 0 spiro atoms. The predicted octanol–water partition coefficient (Wildman–Crippen LogP) is 10.1. The summed E-state index contributed by atoms with van der Waals surface area (Å²) in [6, 6.07) is 27.1. The molecule has 0 aliphatic carbocycles. The molecule has 3 rings (SSSR count). The van der Waals surface area contributed by atoms with Crippen LogP contribution < -0.4 is 9.05 Å². The molecule has 0 aliphatic heterocycles. The zero-order valence-electron chi connectivity index (χ0n) is 20.8. The van der Waals surface area contributed by atoms with Gasteiger partial charge in [-0.1, -0.05) is 95.1 Å². The first-order chi connectivity index (χ1) is 16.4. The van der Waals surface area contributed by atoms with Crippen molar-refractivity contribution in [2.24, 2.45) is 0 Å². The lowest BCUT2D eigenvalue weighted by molar-refractivity contribution is 0.505. The van der Waals surface area contributed by atoms with Crippen molar-refractivity contribution in [3.05, 3.63) is 95.6 Å². The Labute approximate surface area is 215 Å². The molecule has 182 valence electrons. The molecule has 2 atom stereocenters. The zero-order chi connectivity index (χ0) is 24.4. The van der Waals surface area contributed by atoms with Crippen molar-refractivity contribution in [3.63, 3.8) is 0 Å². The highest BCUT2D eigenvalue weighted by atomic mass is 32.9. The van der Waals surface area contributed by atoms with Gasteiger partial charge in [0.1, 0.15) is 11.5 Å². The van der Waals surface area contributed by atoms with Crippen LogP contribution in [0.25, 0.3) is 0 Å². The molecule has 2 nitrogen and oxygen atoms in total. The normalized spacial score (nSPS) is 14.7. The van der Waals surface area contributed by atoms with Crippen LogP contribution in [0.2, 0.25) is 0 Å². The Kier molecular flexibility index (Phi) is 10.6. The Morgan fingerprint density at radius 1 is 0.706 bits per heavy atom. The lowest BCUT2D eigenvalue weighted by Gasteiger charge is -2.23. The lowest BCUT2D eigenvalue weighted by Crippen LogP contribution is -2.00. The maximum Gasteiger partial charge on any atom is 0.348 e. The van der Waals surface area contributed by atoms with Crippen molar-refractivity contribution in [1.82, 2.24) is 0 Å². The second-order valence-electron chi connectivity index (χ2n) is 8.91. The van der Waals surface area contributed by atoms with E-state index in [0.29, 0.717) is 11.8 Å². The molecule has 0 saturated carbocycles. The van der Waals surface area contributed by atoms with Crippen molar-refractivity contribution >= 4 is 28.9 Å². The summed E-state index contributed by atoms with van der Waals surface area (Å²) in [5.41, 5.74) is 1.19. The smallest absolute Gasteiger partial charge is 0.348 e. The minimum Gasteiger partial charge on any atom is -0.428 e. The Morgan fingerprint density at radius 3 is 1.56 bits per heavy atom. The highest BCUT2D eigenvalue weighted by molar-refractivity contribution is 8.67. The van der Waals surface area contributed by atoms with E-state index in [-0.39, 0.29) is 0 Å². The third-order valence-electron chi connectivity index (χ3n) is 6.01. The summed E-state index contributed by atoms with van der Waals surface area (Å²) in [6.45, 7) is 8.99. The van der Waals surface area contributed by atoms with Gasteiger partial charge >= 0.3 is 5.69 Å². The zero-order valence-corrected chi connectivity index (χ0v) is 23.3. The topological polar surface area (TPSA) is 18.5 Å². The van der Waals surface area contributed by atoms with E-state index in [1.807, 2.05) is 42.5 Å². The molecule has 3 aromatic rings. The minimum atomic E-state index is -2.68. The summed E-state index contributed by atoms with van der Waals surface area (Å²) in [4.78, 5) is 0. The van der Waals surface area contributed by atoms with Crippen LogP contribution in [0.4, 0.5) is 0 Å². The van der Waals surface area contributed by atoms with E-state index in [9.17, 15) is 0 Å². The highest BCUT2D eigenvalue weighted by Crippen LogP contribution is 2.61. The molecule has 5 heteroatoms. The number of rotatable bonds is 13. The monoisotopic (exact) mass is 512 g/mol. The van der Waals surface area contributed by atoms with Gasteiger partial charge in [0.2, 0.25) is 0 Å². The molecule has 0 aliphatic rings. The number of benzene rings is 3. The molecule has 2 unspecified atom stereocenters. The van der Waals surface area contributed by atoms with Gasteiger partial charge in [-0.2, -0.15) is 0 Å². The van der Waals surface area contributed by atoms with Gasteiger partial charge in [-0.25, -0.2) is 0 Å². The van der Waals surface area contributed by atoms with E-state index in [4.69, 9.17) is 20.9 Å². The standard InChI is InChI=1S/C29H37O2PS2/c1-5-10-23(3)26-14-18-28(19-15-26)30-32(33,34-22-25-12-8-7-9-13-25)31-29-20-16-27(17-21-29)24(4)11-6-2/h7-9,12-21,23-24H,5-6,10-11,22H2,1-4H3. The lowest BCUT2D eigenvalue weighted by atomic mass is 9.97. The third-order valence-corrected chi connectivity index (χ3v) is 10.8. The van der Waals surface area contributed by atoms with Crippen LogP contribution in [0.5, 0.6) is 11.5 Å². The largest absolute Gasteiger partial charge is 0.428 e. The van der Waals surface area contributed by atoms with Gasteiger partial charge in [-0.05, 0) is 88.8 Å². The number of hydrogen-bond donors (Lipinski definition) is 0. The van der Waals surface area contributed by atoms with Crippen LogP contribution in [0.1, 0.15) is 81.9 Å². The van der Waals surface area contributed by atoms with Gasteiger partial charge in [-0.15, -0.1) is 0 Å². The second kappa shape index (κ2) is 13.4. The fourth-order valence-electron chi connectivity index (χ4n) is 3.97. The molecule has 0 fully saturated rings. The quantitative estimate of drug-likeness (QED) is 0.212. The Morgan fingerprint density at radius 2 is 1.15 bits per heavy atom. The molecular formula is C29H37O2PS2. The van der Waals surface area contributed by atoms with Crippen LogP contribution in [0, 0.1) is 0 Å². The fourth-order valence-corrected chi connectivity index (χ4v) is 8.12. The van der Waals surface area contributed by atoms with Crippen molar-refractivity contribution in [1.29, 1.82) is 0 Å². The molecule has 0 N–H and O–H groups in total. The first-order valence-corrected chi connectivity index (χ1v) is 16.5. The van der Waals surface area contributed by atoms with Crippen molar-refractivity contribution in [2.45, 2.75) is 71.0 Å². The first-order valence-electron chi connectivity index (χ1n) is 12.3. The van der Waals surface area contributed by atoms with Crippen molar-refractivity contribution in [3.8, 4) is 11.5 Å². The summed E-state index contributed by atoms with van der Waals surface area (Å²) in [6.07, 6.45) is 4.72. The molecule has 0 aromatic heterocycles. The van der Waals surface area contributed by atoms with Crippen LogP contribution in [0.3, 0.4) is 0 Å². The van der Waals surface area contributed by atoms with E-state index < -0.39 is 5.69 Å². The SMILES string of the molecule is CCCC(C)c1ccc(OP(=S)(Oc2ccc(C(C)CCC)cc2)SCc2ccccc2)cc1. The molecule has 34 heavy (non-hydrogen) atoms. The van der Waals surface area contributed by atoms with Gasteiger partial charge < -0.3 is 9.05 Å². The third kappa shape index (κ3) is 8.18. The van der Waals surface area contributed by atoms with Crippen LogP contribution >= 0.6 is 17.1 Å². The van der Waals surface area contributed by atoms with Crippen LogP contribution in [-0.4, -0.2) is 0 Å². The fraction of sp³-hybridized carbons (Fsp3) is 0.379. The van der Waals surface area contributed by atoms with E-state index in [0.717, 1.165) is 17.3 Å². The summed E-state index contributed by atoms with van der Waals surface area (Å²) in [7, 11) is 0. The van der Waals surface area contributed by atoms with Crippen LogP contribution in [-0.2, 0) is 17.6 Å². The van der Waals surface area contributed by atoms with E-state index in [2.05, 4.69) is 64.1 Å². The van der Waals surface area contributed by atoms with Gasteiger partial charge in [0, 0.05) is 5.75 Å². The van der Waals surface area contributed by atoms with Gasteiger partial charge in [0.15, 0.2) is 0 Å². The van der Waals surface area contributed by atoms with Gasteiger partial charge in [-0.3, -0.25) is 0 Å². The highest BCUT2D eigenvalue weighted by Gasteiger charge is 2.24. The summed E-state index contributed by atoms with van der Waals surface area (Å²) >= 11 is 7.63. The van der Waals surface area contributed by atoms with E-state index in [1.165, 1.54) is 42.4 Å². The predicted molar refractivity (Wildman–Crippen MR) is 153 cm³/mol. The summed E-state index contributed by atoms with van der Waals surface area (Å²) < 4.78 is 12.8. The average Bonchev–Trinajstić information content (AvgIpc) is 2.85.